The Morgan fingerprint density at radius 1 is 1.38 bits per heavy atom. The van der Waals surface area contributed by atoms with Crippen molar-refractivity contribution < 1.29 is 13.3 Å². The van der Waals surface area contributed by atoms with E-state index in [1.54, 1.807) is 26.0 Å². The summed E-state index contributed by atoms with van der Waals surface area (Å²) in [4.78, 5) is 10.5. The Balaban J connectivity index is 2.65. The molecule has 0 bridgehead atoms. The molecular weight excluding hydrogens is 294 g/mol. The second kappa shape index (κ2) is 5.70. The molecule has 1 aromatic rings. The molecule has 0 aliphatic carbocycles. The molecule has 0 saturated carbocycles. The molecule has 1 unspecified atom stereocenters. The minimum absolute atomic E-state index is 0.201. The summed E-state index contributed by atoms with van der Waals surface area (Å²) in [6, 6.07) is 2.88. The molecule has 1 atom stereocenters. The first-order valence-electron chi connectivity index (χ1n) is 6.77. The van der Waals surface area contributed by atoms with Crippen molar-refractivity contribution >= 4 is 15.7 Å². The molecule has 1 fully saturated rings. The van der Waals surface area contributed by atoms with Crippen molar-refractivity contribution in [3.05, 3.63) is 33.4 Å². The maximum Gasteiger partial charge on any atom is 0.292 e. The van der Waals surface area contributed by atoms with Gasteiger partial charge < -0.3 is 5.73 Å². The molecule has 1 aliphatic rings. The molecule has 0 aromatic heterocycles. The van der Waals surface area contributed by atoms with Crippen LogP contribution in [0, 0.1) is 24.0 Å². The van der Waals surface area contributed by atoms with E-state index >= 15 is 0 Å². The van der Waals surface area contributed by atoms with Gasteiger partial charge in [-0.05, 0) is 32.3 Å². The predicted octanol–water partition coefficient (Wildman–Crippen LogP) is 1.32. The number of nitrogens with two attached hydrogens (primary N) is 1. The molecule has 2 N–H and O–H groups in total. The molecule has 21 heavy (non-hydrogen) atoms. The van der Waals surface area contributed by atoms with Gasteiger partial charge in [-0.15, -0.1) is 0 Å². The fraction of sp³-hybridized carbons (Fsp3) is 0.538. The van der Waals surface area contributed by atoms with Gasteiger partial charge in [0.25, 0.3) is 5.69 Å². The minimum Gasteiger partial charge on any atom is -0.329 e. The maximum atomic E-state index is 12.9. The third kappa shape index (κ3) is 2.66. The third-order valence-electron chi connectivity index (χ3n) is 3.87. The van der Waals surface area contributed by atoms with E-state index in [0.717, 1.165) is 6.42 Å². The summed E-state index contributed by atoms with van der Waals surface area (Å²) < 4.78 is 27.0. The van der Waals surface area contributed by atoms with Gasteiger partial charge in [0.1, 0.15) is 0 Å². The normalized spacial score (nSPS) is 19.9. The second-order valence-electron chi connectivity index (χ2n) is 5.28. The summed E-state index contributed by atoms with van der Waals surface area (Å²) in [5, 5.41) is 11.3. The molecule has 0 spiro atoms. The van der Waals surface area contributed by atoms with Crippen LogP contribution < -0.4 is 5.73 Å². The van der Waals surface area contributed by atoms with Crippen LogP contribution in [0.15, 0.2) is 17.0 Å². The largest absolute Gasteiger partial charge is 0.329 e. The van der Waals surface area contributed by atoms with Crippen LogP contribution in [0.1, 0.15) is 24.0 Å². The van der Waals surface area contributed by atoms with Crippen LogP contribution in [0.5, 0.6) is 0 Å². The molecule has 1 saturated heterocycles. The Morgan fingerprint density at radius 2 is 2.00 bits per heavy atom. The van der Waals surface area contributed by atoms with Gasteiger partial charge >= 0.3 is 0 Å². The summed E-state index contributed by atoms with van der Waals surface area (Å²) in [6.45, 7) is 3.69. The van der Waals surface area contributed by atoms with Gasteiger partial charge in [-0.3, -0.25) is 10.1 Å². The number of hydrogen-bond acceptors (Lipinski definition) is 5. The van der Waals surface area contributed by atoms with E-state index in [0.29, 0.717) is 24.1 Å². The van der Waals surface area contributed by atoms with Crippen LogP contribution in [0.2, 0.25) is 0 Å². The quantitative estimate of drug-likeness (QED) is 0.666. The molecule has 7 nitrogen and oxygen atoms in total. The molecule has 8 heteroatoms. The van der Waals surface area contributed by atoms with Crippen molar-refractivity contribution in [1.82, 2.24) is 4.31 Å². The van der Waals surface area contributed by atoms with E-state index in [1.165, 1.54) is 4.31 Å². The van der Waals surface area contributed by atoms with Gasteiger partial charge in [-0.2, -0.15) is 4.31 Å². The number of nitro benzene ring substituents is 1. The lowest BCUT2D eigenvalue weighted by atomic mass is 10.1. The van der Waals surface area contributed by atoms with Gasteiger partial charge in [0.2, 0.25) is 10.0 Å². The predicted molar refractivity (Wildman–Crippen MR) is 78.5 cm³/mol. The number of nitro groups is 1. The number of aryl methyl sites for hydroxylation is 2. The summed E-state index contributed by atoms with van der Waals surface area (Å²) in [5.41, 5.74) is 6.01. The Hall–Kier alpha value is -1.51. The van der Waals surface area contributed by atoms with Crippen LogP contribution >= 0.6 is 0 Å². The molecule has 0 amide bonds. The number of benzene rings is 1. The highest BCUT2D eigenvalue weighted by Gasteiger charge is 2.39. The topological polar surface area (TPSA) is 107 Å². The highest BCUT2D eigenvalue weighted by molar-refractivity contribution is 7.89. The van der Waals surface area contributed by atoms with Crippen molar-refractivity contribution in [2.75, 3.05) is 13.1 Å². The summed E-state index contributed by atoms with van der Waals surface area (Å²) in [5.74, 6) is 0. The Labute approximate surface area is 123 Å². The first-order valence-corrected chi connectivity index (χ1v) is 8.21. The summed E-state index contributed by atoms with van der Waals surface area (Å²) in [6.07, 6.45) is 1.41. The zero-order valence-electron chi connectivity index (χ0n) is 12.1. The Bertz CT molecular complexity index is 672. The lowest BCUT2D eigenvalue weighted by Gasteiger charge is -2.23. The lowest BCUT2D eigenvalue weighted by Crippen LogP contribution is -2.40. The van der Waals surface area contributed by atoms with Crippen molar-refractivity contribution in [3.63, 3.8) is 0 Å². The highest BCUT2D eigenvalue weighted by Crippen LogP contribution is 2.35. The lowest BCUT2D eigenvalue weighted by molar-refractivity contribution is -0.388. The molecule has 1 heterocycles. The van der Waals surface area contributed by atoms with E-state index in [9.17, 15) is 18.5 Å². The van der Waals surface area contributed by atoms with Gasteiger partial charge in [0, 0.05) is 24.7 Å². The molecule has 1 aliphatic heterocycles. The van der Waals surface area contributed by atoms with E-state index in [4.69, 9.17) is 5.73 Å². The number of hydrogen-bond donors (Lipinski definition) is 1. The van der Waals surface area contributed by atoms with Gasteiger partial charge in [-0.25, -0.2) is 8.42 Å². The molecule has 2 rings (SSSR count). The van der Waals surface area contributed by atoms with E-state index in [-0.39, 0.29) is 23.2 Å². The highest BCUT2D eigenvalue weighted by atomic mass is 32.2. The number of nitrogens with zero attached hydrogens (tertiary/aromatic N) is 2. The van der Waals surface area contributed by atoms with Crippen molar-refractivity contribution in [3.8, 4) is 0 Å². The van der Waals surface area contributed by atoms with Gasteiger partial charge in [0.15, 0.2) is 4.90 Å². The monoisotopic (exact) mass is 313 g/mol. The van der Waals surface area contributed by atoms with Crippen LogP contribution in [-0.4, -0.2) is 36.8 Å². The van der Waals surface area contributed by atoms with Crippen molar-refractivity contribution in [2.45, 2.75) is 37.6 Å². The first-order chi connectivity index (χ1) is 9.80. The fourth-order valence-electron chi connectivity index (χ4n) is 2.80. The van der Waals surface area contributed by atoms with Crippen molar-refractivity contribution in [1.29, 1.82) is 0 Å². The SMILES string of the molecule is Cc1ccc(C)c(S(=O)(=O)N2CCCC2CN)c1[N+](=O)[O-]. The van der Waals surface area contributed by atoms with Gasteiger partial charge in [-0.1, -0.05) is 12.1 Å². The van der Waals surface area contributed by atoms with Crippen LogP contribution in [-0.2, 0) is 10.0 Å². The van der Waals surface area contributed by atoms with Crippen LogP contribution in [0.25, 0.3) is 0 Å². The standard InChI is InChI=1S/C13H19N3O4S/c1-9-5-6-10(2)13(12(9)16(17)18)21(19,20)15-7-3-4-11(15)8-14/h5-6,11H,3-4,7-8,14H2,1-2H3. The van der Waals surface area contributed by atoms with Crippen molar-refractivity contribution in [2.24, 2.45) is 5.73 Å². The summed E-state index contributed by atoms with van der Waals surface area (Å²) >= 11 is 0. The smallest absolute Gasteiger partial charge is 0.292 e. The minimum atomic E-state index is -3.92. The zero-order chi connectivity index (χ0) is 15.8. The Kier molecular flexibility index (Phi) is 4.31. The number of sulfonamides is 1. The van der Waals surface area contributed by atoms with E-state index in [1.807, 2.05) is 0 Å². The Morgan fingerprint density at radius 3 is 2.57 bits per heavy atom. The molecule has 116 valence electrons. The van der Waals surface area contributed by atoms with E-state index in [2.05, 4.69) is 0 Å². The average molecular weight is 313 g/mol. The van der Waals surface area contributed by atoms with E-state index < -0.39 is 14.9 Å². The summed E-state index contributed by atoms with van der Waals surface area (Å²) in [7, 11) is -3.92. The number of rotatable bonds is 4. The van der Waals surface area contributed by atoms with Crippen LogP contribution in [0.3, 0.4) is 0 Å². The fourth-order valence-corrected chi connectivity index (χ4v) is 4.94. The molecule has 0 radical (unpaired) electrons. The average Bonchev–Trinajstić information content (AvgIpc) is 2.89. The van der Waals surface area contributed by atoms with Crippen LogP contribution in [0.4, 0.5) is 5.69 Å². The second-order valence-corrected chi connectivity index (χ2v) is 7.11. The first kappa shape index (κ1) is 15.9. The third-order valence-corrected chi connectivity index (χ3v) is 6.00. The molecular formula is C13H19N3O4S. The molecule has 1 aromatic carbocycles. The van der Waals surface area contributed by atoms with Gasteiger partial charge in [0.05, 0.1) is 4.92 Å². The maximum absolute atomic E-state index is 12.9. The zero-order valence-corrected chi connectivity index (χ0v) is 12.9.